The van der Waals surface area contributed by atoms with E-state index < -0.39 is 0 Å². The van der Waals surface area contributed by atoms with E-state index in [2.05, 4.69) is 0 Å². The zero-order valence-corrected chi connectivity index (χ0v) is 17.4. The summed E-state index contributed by atoms with van der Waals surface area (Å²) in [7, 11) is 4.74. The summed E-state index contributed by atoms with van der Waals surface area (Å²) in [4.78, 5) is 15.1. The summed E-state index contributed by atoms with van der Waals surface area (Å²) in [5.74, 6) is 1.70. The predicted molar refractivity (Wildman–Crippen MR) is 120 cm³/mol. The van der Waals surface area contributed by atoms with E-state index in [1.807, 2.05) is 66.7 Å². The van der Waals surface area contributed by atoms with Crippen LogP contribution in [0.25, 0.3) is 6.08 Å². The van der Waals surface area contributed by atoms with E-state index in [-0.39, 0.29) is 5.91 Å². The first kappa shape index (κ1) is 21.0. The van der Waals surface area contributed by atoms with Gasteiger partial charge in [-0.1, -0.05) is 42.5 Å². The second-order valence-corrected chi connectivity index (χ2v) is 6.53. The number of carbonyl (C=O) groups excluding carboxylic acids is 1. The van der Waals surface area contributed by atoms with Crippen LogP contribution in [0.1, 0.15) is 15.9 Å². The second kappa shape index (κ2) is 10.2. The quantitative estimate of drug-likeness (QED) is 0.527. The first-order chi connectivity index (χ1) is 14.6. The minimum atomic E-state index is -0.157. The average Bonchev–Trinajstić information content (AvgIpc) is 2.82. The number of anilines is 1. The number of rotatable bonds is 8. The Bertz CT molecular complexity index is 975. The molecule has 30 heavy (non-hydrogen) atoms. The van der Waals surface area contributed by atoms with Crippen LogP contribution in [0, 0.1) is 0 Å². The van der Waals surface area contributed by atoms with Gasteiger partial charge >= 0.3 is 0 Å². The van der Waals surface area contributed by atoms with Crippen molar-refractivity contribution >= 4 is 17.7 Å². The lowest BCUT2D eigenvalue weighted by atomic mass is 10.1. The summed E-state index contributed by atoms with van der Waals surface area (Å²) in [5.41, 5.74) is 2.32. The van der Waals surface area contributed by atoms with Crippen molar-refractivity contribution in [2.75, 3.05) is 32.8 Å². The van der Waals surface area contributed by atoms with Gasteiger partial charge in [0.2, 0.25) is 0 Å². The van der Waals surface area contributed by atoms with E-state index in [9.17, 15) is 4.79 Å². The van der Waals surface area contributed by atoms with Crippen LogP contribution in [0.15, 0.2) is 78.9 Å². The molecule has 0 saturated heterocycles. The molecule has 1 amide bonds. The summed E-state index contributed by atoms with van der Waals surface area (Å²) in [6, 6.07) is 22.5. The molecule has 5 nitrogen and oxygen atoms in total. The molecule has 0 aliphatic heterocycles. The minimum absolute atomic E-state index is 0.157. The Labute approximate surface area is 177 Å². The largest absolute Gasteiger partial charge is 0.497 e. The number of benzene rings is 3. The van der Waals surface area contributed by atoms with E-state index >= 15 is 0 Å². The lowest BCUT2D eigenvalue weighted by Crippen LogP contribution is -2.31. The zero-order valence-electron chi connectivity index (χ0n) is 17.4. The van der Waals surface area contributed by atoms with Gasteiger partial charge < -0.3 is 19.1 Å². The van der Waals surface area contributed by atoms with Gasteiger partial charge in [-0.3, -0.25) is 4.79 Å². The average molecular weight is 403 g/mol. The molecule has 5 heteroatoms. The monoisotopic (exact) mass is 403 g/mol. The molecular weight excluding hydrogens is 378 g/mol. The van der Waals surface area contributed by atoms with Crippen molar-refractivity contribution < 1.29 is 19.0 Å². The molecule has 3 aromatic carbocycles. The number of carbonyl (C=O) groups is 1. The van der Waals surface area contributed by atoms with Gasteiger partial charge in [0.25, 0.3) is 5.91 Å². The summed E-state index contributed by atoms with van der Waals surface area (Å²) in [6.07, 6.45) is 3.96. The first-order valence-electron chi connectivity index (χ1n) is 9.55. The molecule has 3 aromatic rings. The van der Waals surface area contributed by atoms with Crippen molar-refractivity contribution in [3.05, 3.63) is 90.0 Å². The third-order valence-electron chi connectivity index (χ3n) is 4.63. The number of hydrogen-bond donors (Lipinski definition) is 0. The molecule has 154 valence electrons. The van der Waals surface area contributed by atoms with Crippen molar-refractivity contribution in [2.24, 2.45) is 0 Å². The maximum atomic E-state index is 13.4. The van der Waals surface area contributed by atoms with Crippen LogP contribution in [-0.4, -0.2) is 33.8 Å². The van der Waals surface area contributed by atoms with Crippen LogP contribution < -0.4 is 19.1 Å². The molecule has 0 saturated carbocycles. The maximum Gasteiger partial charge on any atom is 0.258 e. The highest BCUT2D eigenvalue weighted by atomic mass is 16.5. The minimum Gasteiger partial charge on any atom is -0.497 e. The highest BCUT2D eigenvalue weighted by Crippen LogP contribution is 2.26. The summed E-state index contributed by atoms with van der Waals surface area (Å²) >= 11 is 0. The molecule has 0 radical (unpaired) electrons. The van der Waals surface area contributed by atoms with Crippen LogP contribution in [0.2, 0.25) is 0 Å². The van der Waals surface area contributed by atoms with E-state index in [0.717, 1.165) is 17.0 Å². The van der Waals surface area contributed by atoms with Gasteiger partial charge in [-0.25, -0.2) is 0 Å². The fourth-order valence-corrected chi connectivity index (χ4v) is 3.01. The SMILES string of the molecule is COc1ccc(N(C/C=C/c2ccccc2)C(=O)c2cc(OC)cc(OC)c2)cc1. The third-order valence-corrected chi connectivity index (χ3v) is 4.63. The Hall–Kier alpha value is -3.73. The van der Waals surface area contributed by atoms with Gasteiger partial charge in [0.1, 0.15) is 17.2 Å². The Morgan fingerprint density at radius 2 is 1.40 bits per heavy atom. The van der Waals surface area contributed by atoms with Crippen LogP contribution in [-0.2, 0) is 0 Å². The van der Waals surface area contributed by atoms with Crippen molar-refractivity contribution in [3.63, 3.8) is 0 Å². The van der Waals surface area contributed by atoms with Gasteiger partial charge in [0.15, 0.2) is 0 Å². The number of amides is 1. The molecule has 0 aliphatic carbocycles. The van der Waals surface area contributed by atoms with E-state index in [1.165, 1.54) is 0 Å². The van der Waals surface area contributed by atoms with Crippen LogP contribution in [0.3, 0.4) is 0 Å². The highest BCUT2D eigenvalue weighted by molar-refractivity contribution is 6.06. The van der Waals surface area contributed by atoms with Crippen molar-refractivity contribution in [2.45, 2.75) is 0 Å². The van der Waals surface area contributed by atoms with E-state index in [1.54, 1.807) is 44.4 Å². The van der Waals surface area contributed by atoms with Crippen LogP contribution in [0.4, 0.5) is 5.69 Å². The van der Waals surface area contributed by atoms with Crippen molar-refractivity contribution in [1.82, 2.24) is 0 Å². The van der Waals surface area contributed by atoms with Gasteiger partial charge in [-0.05, 0) is 42.0 Å². The number of nitrogens with zero attached hydrogens (tertiary/aromatic N) is 1. The van der Waals surface area contributed by atoms with E-state index in [0.29, 0.717) is 23.6 Å². The predicted octanol–water partition coefficient (Wildman–Crippen LogP) is 5.07. The molecule has 0 aromatic heterocycles. The smallest absolute Gasteiger partial charge is 0.258 e. The molecule has 0 bridgehead atoms. The molecule has 3 rings (SSSR count). The molecule has 0 N–H and O–H groups in total. The Balaban J connectivity index is 1.93. The van der Waals surface area contributed by atoms with Crippen molar-refractivity contribution in [1.29, 1.82) is 0 Å². The summed E-state index contributed by atoms with van der Waals surface area (Å²) < 4.78 is 15.9. The maximum absolute atomic E-state index is 13.4. The highest BCUT2D eigenvalue weighted by Gasteiger charge is 2.19. The fourth-order valence-electron chi connectivity index (χ4n) is 3.01. The third kappa shape index (κ3) is 5.20. The second-order valence-electron chi connectivity index (χ2n) is 6.53. The lowest BCUT2D eigenvalue weighted by molar-refractivity contribution is 0.0989. The molecular formula is C25H25NO4. The van der Waals surface area contributed by atoms with Crippen LogP contribution in [0.5, 0.6) is 17.2 Å². The zero-order chi connectivity index (χ0) is 21.3. The summed E-state index contributed by atoms with van der Waals surface area (Å²) in [6.45, 7) is 0.402. The van der Waals surface area contributed by atoms with E-state index in [4.69, 9.17) is 14.2 Å². The van der Waals surface area contributed by atoms with Crippen LogP contribution >= 0.6 is 0 Å². The first-order valence-corrected chi connectivity index (χ1v) is 9.55. The number of methoxy groups -OCH3 is 3. The molecule has 0 heterocycles. The van der Waals surface area contributed by atoms with Gasteiger partial charge in [0, 0.05) is 23.9 Å². The molecule has 0 spiro atoms. The standard InChI is InChI=1S/C25H25NO4/c1-28-22-13-11-21(12-14-22)26(15-7-10-19-8-5-4-6-9-19)25(27)20-16-23(29-2)18-24(17-20)30-3/h4-14,16-18H,15H2,1-3H3/b10-7+. The molecule has 0 fully saturated rings. The lowest BCUT2D eigenvalue weighted by Gasteiger charge is -2.22. The van der Waals surface area contributed by atoms with Gasteiger partial charge in [-0.15, -0.1) is 0 Å². The topological polar surface area (TPSA) is 48.0 Å². The fraction of sp³-hybridized carbons (Fsp3) is 0.160. The Morgan fingerprint density at radius 3 is 1.97 bits per heavy atom. The van der Waals surface area contributed by atoms with Crippen molar-refractivity contribution in [3.8, 4) is 17.2 Å². The van der Waals surface area contributed by atoms with Gasteiger partial charge in [-0.2, -0.15) is 0 Å². The summed E-state index contributed by atoms with van der Waals surface area (Å²) in [5, 5.41) is 0. The molecule has 0 unspecified atom stereocenters. The molecule has 0 atom stereocenters. The normalized spacial score (nSPS) is 10.6. The molecule has 0 aliphatic rings. The number of hydrogen-bond acceptors (Lipinski definition) is 4. The Morgan fingerprint density at radius 1 is 0.800 bits per heavy atom. The Kier molecular flexibility index (Phi) is 7.11. The van der Waals surface area contributed by atoms with Gasteiger partial charge in [0.05, 0.1) is 21.3 Å². The number of ether oxygens (including phenoxy) is 3.